The average Bonchev–Trinajstić information content (AvgIpc) is 2.90. The van der Waals surface area contributed by atoms with Gasteiger partial charge in [0, 0.05) is 29.7 Å². The summed E-state index contributed by atoms with van der Waals surface area (Å²) >= 11 is 7.65. The van der Waals surface area contributed by atoms with Crippen molar-refractivity contribution in [2.45, 2.75) is 18.8 Å². The van der Waals surface area contributed by atoms with E-state index in [1.807, 2.05) is 12.1 Å². The van der Waals surface area contributed by atoms with E-state index in [-0.39, 0.29) is 0 Å². The molecule has 0 atom stereocenters. The SMILES string of the molecule is COc1ccc(Cl)cc1-c1nc(C2CCOCC2)sc1N. The molecular formula is C15H17ClN2O2S. The van der Waals surface area contributed by atoms with Crippen LogP contribution >= 0.6 is 22.9 Å². The predicted molar refractivity (Wildman–Crippen MR) is 86.3 cm³/mol. The zero-order chi connectivity index (χ0) is 14.8. The number of nitrogens with zero attached hydrogens (tertiary/aromatic N) is 1. The summed E-state index contributed by atoms with van der Waals surface area (Å²) in [6.45, 7) is 1.58. The van der Waals surface area contributed by atoms with Gasteiger partial charge in [-0.15, -0.1) is 11.3 Å². The molecule has 1 aromatic carbocycles. The highest BCUT2D eigenvalue weighted by Gasteiger charge is 2.22. The highest BCUT2D eigenvalue weighted by molar-refractivity contribution is 7.16. The molecule has 6 heteroatoms. The highest BCUT2D eigenvalue weighted by Crippen LogP contribution is 2.41. The number of rotatable bonds is 3. The van der Waals surface area contributed by atoms with Crippen molar-refractivity contribution >= 4 is 27.9 Å². The first-order chi connectivity index (χ1) is 10.2. The molecular weight excluding hydrogens is 308 g/mol. The molecule has 0 spiro atoms. The molecule has 0 saturated carbocycles. The minimum absolute atomic E-state index is 0.435. The molecule has 2 N–H and O–H groups in total. The van der Waals surface area contributed by atoms with Crippen LogP contribution in [0.25, 0.3) is 11.3 Å². The van der Waals surface area contributed by atoms with Gasteiger partial charge in [-0.1, -0.05) is 11.6 Å². The average molecular weight is 325 g/mol. The summed E-state index contributed by atoms with van der Waals surface area (Å²) in [6.07, 6.45) is 2.00. The normalized spacial score (nSPS) is 16.1. The van der Waals surface area contributed by atoms with Gasteiger partial charge < -0.3 is 15.2 Å². The molecule has 112 valence electrons. The Morgan fingerprint density at radius 2 is 2.14 bits per heavy atom. The maximum atomic E-state index is 6.18. The van der Waals surface area contributed by atoms with Gasteiger partial charge in [-0.3, -0.25) is 0 Å². The third-order valence-electron chi connectivity index (χ3n) is 3.66. The molecule has 21 heavy (non-hydrogen) atoms. The van der Waals surface area contributed by atoms with Gasteiger partial charge in [-0.2, -0.15) is 0 Å². The summed E-state index contributed by atoms with van der Waals surface area (Å²) in [5, 5.41) is 2.43. The number of hydrogen-bond acceptors (Lipinski definition) is 5. The second kappa shape index (κ2) is 6.22. The maximum absolute atomic E-state index is 6.18. The third-order valence-corrected chi connectivity index (χ3v) is 4.94. The van der Waals surface area contributed by atoms with E-state index in [1.54, 1.807) is 24.5 Å². The lowest BCUT2D eigenvalue weighted by molar-refractivity contribution is 0.0853. The molecule has 1 saturated heterocycles. The molecule has 2 heterocycles. The van der Waals surface area contributed by atoms with Crippen LogP contribution in [-0.4, -0.2) is 25.3 Å². The van der Waals surface area contributed by atoms with Gasteiger partial charge in [0.25, 0.3) is 0 Å². The Morgan fingerprint density at radius 1 is 1.38 bits per heavy atom. The minimum Gasteiger partial charge on any atom is -0.496 e. The van der Waals surface area contributed by atoms with Crippen LogP contribution < -0.4 is 10.5 Å². The second-order valence-electron chi connectivity index (χ2n) is 5.00. The van der Waals surface area contributed by atoms with Crippen LogP contribution in [0.2, 0.25) is 5.02 Å². The van der Waals surface area contributed by atoms with E-state index < -0.39 is 0 Å². The first-order valence-electron chi connectivity index (χ1n) is 6.87. The third kappa shape index (κ3) is 3.00. The van der Waals surface area contributed by atoms with Gasteiger partial charge in [0.05, 0.1) is 12.1 Å². The lowest BCUT2D eigenvalue weighted by Gasteiger charge is -2.19. The Labute approximate surface area is 132 Å². The number of hydrogen-bond donors (Lipinski definition) is 1. The highest BCUT2D eigenvalue weighted by atomic mass is 35.5. The van der Waals surface area contributed by atoms with Crippen LogP contribution in [0.4, 0.5) is 5.00 Å². The fourth-order valence-corrected chi connectivity index (χ4v) is 3.72. The van der Waals surface area contributed by atoms with Crippen LogP contribution in [0.1, 0.15) is 23.8 Å². The van der Waals surface area contributed by atoms with E-state index in [0.29, 0.717) is 15.9 Å². The van der Waals surface area contributed by atoms with Gasteiger partial charge in [-0.05, 0) is 31.0 Å². The molecule has 3 rings (SSSR count). The number of ether oxygens (including phenoxy) is 2. The molecule has 0 radical (unpaired) electrons. The molecule has 0 bridgehead atoms. The van der Waals surface area contributed by atoms with Crippen LogP contribution in [0.5, 0.6) is 5.75 Å². The summed E-state index contributed by atoms with van der Waals surface area (Å²) in [5.41, 5.74) is 7.79. The number of nitrogens with two attached hydrogens (primary N) is 1. The Bertz CT molecular complexity index is 639. The molecule has 1 aliphatic rings. The second-order valence-corrected chi connectivity index (χ2v) is 6.49. The summed E-state index contributed by atoms with van der Waals surface area (Å²) in [4.78, 5) is 4.75. The van der Waals surface area contributed by atoms with Crippen molar-refractivity contribution in [3.63, 3.8) is 0 Å². The number of benzene rings is 1. The predicted octanol–water partition coefficient (Wildman–Crippen LogP) is 3.95. The van der Waals surface area contributed by atoms with E-state index in [1.165, 1.54) is 0 Å². The van der Waals surface area contributed by atoms with Crippen LogP contribution in [0.3, 0.4) is 0 Å². The van der Waals surface area contributed by atoms with Crippen molar-refractivity contribution in [3.05, 3.63) is 28.2 Å². The topological polar surface area (TPSA) is 57.4 Å². The zero-order valence-electron chi connectivity index (χ0n) is 11.8. The van der Waals surface area contributed by atoms with E-state index in [2.05, 4.69) is 0 Å². The van der Waals surface area contributed by atoms with Crippen molar-refractivity contribution in [1.82, 2.24) is 4.98 Å². The number of methoxy groups -OCH3 is 1. The van der Waals surface area contributed by atoms with Gasteiger partial charge in [0.1, 0.15) is 16.4 Å². The van der Waals surface area contributed by atoms with Crippen molar-refractivity contribution in [1.29, 1.82) is 0 Å². The number of anilines is 1. The van der Waals surface area contributed by atoms with E-state index in [0.717, 1.165) is 48.1 Å². The Balaban J connectivity index is 1.99. The lowest BCUT2D eigenvalue weighted by atomic mass is 10.0. The Kier molecular flexibility index (Phi) is 4.33. The Hall–Kier alpha value is -1.30. The summed E-state index contributed by atoms with van der Waals surface area (Å²) in [7, 11) is 1.63. The van der Waals surface area contributed by atoms with Gasteiger partial charge >= 0.3 is 0 Å². The van der Waals surface area contributed by atoms with Gasteiger partial charge in [0.15, 0.2) is 0 Å². The lowest BCUT2D eigenvalue weighted by Crippen LogP contribution is -2.13. The molecule has 2 aromatic rings. The first-order valence-corrected chi connectivity index (χ1v) is 8.06. The van der Waals surface area contributed by atoms with Crippen LogP contribution in [0, 0.1) is 0 Å². The standard InChI is InChI=1S/C15H17ClN2O2S/c1-19-12-3-2-10(16)8-11(12)13-14(17)21-15(18-13)9-4-6-20-7-5-9/h2-3,8-9H,4-7,17H2,1H3. The maximum Gasteiger partial charge on any atom is 0.128 e. The largest absolute Gasteiger partial charge is 0.496 e. The summed E-state index contributed by atoms with van der Waals surface area (Å²) in [6, 6.07) is 5.48. The monoisotopic (exact) mass is 324 g/mol. The summed E-state index contributed by atoms with van der Waals surface area (Å²) in [5.74, 6) is 1.17. The fraction of sp³-hybridized carbons (Fsp3) is 0.400. The molecule has 1 aliphatic heterocycles. The fourth-order valence-electron chi connectivity index (χ4n) is 2.53. The first kappa shape index (κ1) is 14.6. The smallest absolute Gasteiger partial charge is 0.128 e. The number of thiazole rings is 1. The van der Waals surface area contributed by atoms with Crippen molar-refractivity contribution in [2.24, 2.45) is 0 Å². The molecule has 0 amide bonds. The van der Waals surface area contributed by atoms with E-state index >= 15 is 0 Å². The molecule has 0 unspecified atom stereocenters. The molecule has 1 fully saturated rings. The quantitative estimate of drug-likeness (QED) is 0.928. The van der Waals surface area contributed by atoms with E-state index in [4.69, 9.17) is 31.8 Å². The van der Waals surface area contributed by atoms with Gasteiger partial charge in [-0.25, -0.2) is 4.98 Å². The molecule has 1 aromatic heterocycles. The summed E-state index contributed by atoms with van der Waals surface area (Å²) < 4.78 is 10.8. The molecule has 4 nitrogen and oxygen atoms in total. The molecule has 0 aliphatic carbocycles. The zero-order valence-corrected chi connectivity index (χ0v) is 13.3. The van der Waals surface area contributed by atoms with Crippen molar-refractivity contribution < 1.29 is 9.47 Å². The Morgan fingerprint density at radius 3 is 2.86 bits per heavy atom. The van der Waals surface area contributed by atoms with Crippen molar-refractivity contribution in [3.8, 4) is 17.0 Å². The number of halogens is 1. The number of nitrogen functional groups attached to an aromatic ring is 1. The van der Waals surface area contributed by atoms with Crippen molar-refractivity contribution in [2.75, 3.05) is 26.1 Å². The van der Waals surface area contributed by atoms with Gasteiger partial charge in [0.2, 0.25) is 0 Å². The van der Waals surface area contributed by atoms with Crippen LogP contribution in [0.15, 0.2) is 18.2 Å². The van der Waals surface area contributed by atoms with E-state index in [9.17, 15) is 0 Å². The van der Waals surface area contributed by atoms with Crippen LogP contribution in [-0.2, 0) is 4.74 Å². The number of aromatic nitrogens is 1. The minimum atomic E-state index is 0.435.